The van der Waals surface area contributed by atoms with Gasteiger partial charge in [-0.1, -0.05) is 13.8 Å². The standard InChI is InChI=1S/C10H19NO4/c1-5-7(8(12)13)11-9(14)15-10(3,4)6-2/h7H,5-6H2,1-4H3,(H,11,14)(H,12,13). The molecular weight excluding hydrogens is 198 g/mol. The largest absolute Gasteiger partial charge is 0.480 e. The van der Waals surface area contributed by atoms with Crippen LogP contribution in [-0.4, -0.2) is 28.8 Å². The van der Waals surface area contributed by atoms with Crippen molar-refractivity contribution in [2.75, 3.05) is 0 Å². The number of carbonyl (C=O) groups is 2. The molecule has 0 aliphatic carbocycles. The molecule has 0 saturated carbocycles. The first-order chi connectivity index (χ1) is 6.82. The Bertz CT molecular complexity index is 238. The Morgan fingerprint density at radius 2 is 1.93 bits per heavy atom. The van der Waals surface area contributed by atoms with Crippen molar-refractivity contribution in [3.05, 3.63) is 0 Å². The smallest absolute Gasteiger partial charge is 0.408 e. The molecule has 0 fully saturated rings. The molecule has 5 heteroatoms. The molecule has 0 heterocycles. The Hall–Kier alpha value is -1.26. The van der Waals surface area contributed by atoms with E-state index in [0.29, 0.717) is 12.8 Å². The van der Waals surface area contributed by atoms with Crippen LogP contribution in [0.3, 0.4) is 0 Å². The number of hydrogen-bond acceptors (Lipinski definition) is 3. The molecule has 0 aliphatic rings. The Balaban J connectivity index is 4.19. The third-order valence-corrected chi connectivity index (χ3v) is 2.22. The van der Waals surface area contributed by atoms with Crippen LogP contribution in [0.15, 0.2) is 0 Å². The van der Waals surface area contributed by atoms with Gasteiger partial charge in [-0.15, -0.1) is 0 Å². The van der Waals surface area contributed by atoms with Gasteiger partial charge in [0.25, 0.3) is 0 Å². The van der Waals surface area contributed by atoms with E-state index < -0.39 is 23.7 Å². The van der Waals surface area contributed by atoms with Crippen molar-refractivity contribution in [3.63, 3.8) is 0 Å². The van der Waals surface area contributed by atoms with Gasteiger partial charge in [-0.2, -0.15) is 0 Å². The van der Waals surface area contributed by atoms with Gasteiger partial charge < -0.3 is 15.2 Å². The number of nitrogens with one attached hydrogen (secondary N) is 1. The summed E-state index contributed by atoms with van der Waals surface area (Å²) in [5.74, 6) is -1.05. The van der Waals surface area contributed by atoms with Crippen LogP contribution in [0.25, 0.3) is 0 Å². The van der Waals surface area contributed by atoms with E-state index in [9.17, 15) is 9.59 Å². The molecule has 0 radical (unpaired) electrons. The molecule has 0 aromatic rings. The minimum Gasteiger partial charge on any atom is -0.480 e. The molecule has 0 saturated heterocycles. The zero-order valence-electron chi connectivity index (χ0n) is 9.66. The Labute approximate surface area is 89.8 Å². The maximum atomic E-state index is 11.3. The van der Waals surface area contributed by atoms with Crippen LogP contribution in [0.5, 0.6) is 0 Å². The molecular formula is C10H19NO4. The summed E-state index contributed by atoms with van der Waals surface area (Å²) >= 11 is 0. The highest BCUT2D eigenvalue weighted by Gasteiger charge is 2.24. The first kappa shape index (κ1) is 13.7. The molecule has 15 heavy (non-hydrogen) atoms. The number of ether oxygens (including phenoxy) is 1. The van der Waals surface area contributed by atoms with E-state index >= 15 is 0 Å². The lowest BCUT2D eigenvalue weighted by Gasteiger charge is -2.24. The summed E-state index contributed by atoms with van der Waals surface area (Å²) in [6, 6.07) is -0.884. The Morgan fingerprint density at radius 3 is 2.27 bits per heavy atom. The first-order valence-electron chi connectivity index (χ1n) is 5.04. The fourth-order valence-electron chi connectivity index (χ4n) is 0.833. The summed E-state index contributed by atoms with van der Waals surface area (Å²) < 4.78 is 5.06. The number of rotatable bonds is 5. The predicted molar refractivity (Wildman–Crippen MR) is 55.7 cm³/mol. The van der Waals surface area contributed by atoms with Crippen molar-refractivity contribution in [1.29, 1.82) is 0 Å². The molecule has 0 aromatic heterocycles. The van der Waals surface area contributed by atoms with Crippen molar-refractivity contribution < 1.29 is 19.4 Å². The lowest BCUT2D eigenvalue weighted by Crippen LogP contribution is -2.43. The summed E-state index contributed by atoms with van der Waals surface area (Å²) in [7, 11) is 0. The second-order valence-corrected chi connectivity index (χ2v) is 3.95. The summed E-state index contributed by atoms with van der Waals surface area (Å²) in [5, 5.41) is 11.0. The van der Waals surface area contributed by atoms with Gasteiger partial charge in [-0.05, 0) is 26.7 Å². The molecule has 5 nitrogen and oxygen atoms in total. The zero-order valence-corrected chi connectivity index (χ0v) is 9.66. The van der Waals surface area contributed by atoms with E-state index in [1.54, 1.807) is 20.8 Å². The summed E-state index contributed by atoms with van der Waals surface area (Å²) in [4.78, 5) is 21.9. The van der Waals surface area contributed by atoms with Gasteiger partial charge in [0.1, 0.15) is 11.6 Å². The first-order valence-corrected chi connectivity index (χ1v) is 5.04. The van der Waals surface area contributed by atoms with Crippen molar-refractivity contribution in [3.8, 4) is 0 Å². The highest BCUT2D eigenvalue weighted by Crippen LogP contribution is 2.13. The topological polar surface area (TPSA) is 75.6 Å². The number of aliphatic carboxylic acids is 1. The van der Waals surface area contributed by atoms with Gasteiger partial charge in [0, 0.05) is 0 Å². The van der Waals surface area contributed by atoms with E-state index in [2.05, 4.69) is 5.32 Å². The molecule has 0 spiro atoms. The fourth-order valence-corrected chi connectivity index (χ4v) is 0.833. The van der Waals surface area contributed by atoms with Gasteiger partial charge in [0.05, 0.1) is 0 Å². The van der Waals surface area contributed by atoms with Gasteiger partial charge in [0.15, 0.2) is 0 Å². The van der Waals surface area contributed by atoms with Gasteiger partial charge in [0.2, 0.25) is 0 Å². The normalized spacial score (nSPS) is 13.1. The number of carboxylic acids is 1. The highest BCUT2D eigenvalue weighted by molar-refractivity contribution is 5.79. The van der Waals surface area contributed by atoms with Crippen LogP contribution in [0.1, 0.15) is 40.5 Å². The molecule has 1 atom stereocenters. The molecule has 0 rings (SSSR count). The lowest BCUT2D eigenvalue weighted by atomic mass is 10.1. The summed E-state index contributed by atoms with van der Waals surface area (Å²) in [6.07, 6.45) is 0.317. The number of carboxylic acid groups (broad SMARTS) is 1. The van der Waals surface area contributed by atoms with Gasteiger partial charge in [-0.25, -0.2) is 9.59 Å². The predicted octanol–water partition coefficient (Wildman–Crippen LogP) is 1.76. The minimum atomic E-state index is -1.05. The van der Waals surface area contributed by atoms with Crippen molar-refractivity contribution in [2.24, 2.45) is 0 Å². The van der Waals surface area contributed by atoms with Crippen LogP contribution < -0.4 is 5.32 Å². The molecule has 0 bridgehead atoms. The Morgan fingerprint density at radius 1 is 1.40 bits per heavy atom. The van der Waals surface area contributed by atoms with Crippen molar-refractivity contribution in [2.45, 2.75) is 52.2 Å². The van der Waals surface area contributed by atoms with Crippen LogP contribution >= 0.6 is 0 Å². The van der Waals surface area contributed by atoms with E-state index in [0.717, 1.165) is 0 Å². The monoisotopic (exact) mass is 217 g/mol. The maximum Gasteiger partial charge on any atom is 0.408 e. The highest BCUT2D eigenvalue weighted by atomic mass is 16.6. The van der Waals surface area contributed by atoms with E-state index in [1.165, 1.54) is 0 Å². The summed E-state index contributed by atoms with van der Waals surface area (Å²) in [6.45, 7) is 7.12. The number of alkyl carbamates (subject to hydrolysis) is 1. The molecule has 1 amide bonds. The number of hydrogen-bond donors (Lipinski definition) is 2. The van der Waals surface area contributed by atoms with Gasteiger partial charge in [-0.3, -0.25) is 0 Å². The van der Waals surface area contributed by atoms with Crippen LogP contribution in [-0.2, 0) is 9.53 Å². The third kappa shape index (κ3) is 5.24. The number of carbonyl (C=O) groups excluding carboxylic acids is 1. The van der Waals surface area contributed by atoms with Crippen molar-refractivity contribution in [1.82, 2.24) is 5.32 Å². The SMILES string of the molecule is CCC(NC(=O)OC(C)(C)CC)C(=O)O. The van der Waals surface area contributed by atoms with E-state index in [4.69, 9.17) is 9.84 Å². The molecule has 2 N–H and O–H groups in total. The summed E-state index contributed by atoms with van der Waals surface area (Å²) in [5.41, 5.74) is -0.569. The Kier molecular flexibility index (Phi) is 5.11. The average molecular weight is 217 g/mol. The van der Waals surface area contributed by atoms with Gasteiger partial charge >= 0.3 is 12.1 Å². The third-order valence-electron chi connectivity index (χ3n) is 2.22. The van der Waals surface area contributed by atoms with Crippen molar-refractivity contribution >= 4 is 12.1 Å². The molecule has 1 unspecified atom stereocenters. The molecule has 0 aliphatic heterocycles. The van der Waals surface area contributed by atoms with Crippen LogP contribution in [0.4, 0.5) is 4.79 Å². The lowest BCUT2D eigenvalue weighted by molar-refractivity contribution is -0.139. The second-order valence-electron chi connectivity index (χ2n) is 3.95. The zero-order chi connectivity index (χ0) is 12.1. The second kappa shape index (κ2) is 5.58. The molecule has 88 valence electrons. The molecule has 0 aromatic carbocycles. The van der Waals surface area contributed by atoms with E-state index in [-0.39, 0.29) is 0 Å². The van der Waals surface area contributed by atoms with E-state index in [1.807, 2.05) is 6.92 Å². The quantitative estimate of drug-likeness (QED) is 0.735. The minimum absolute atomic E-state index is 0.330. The average Bonchev–Trinajstić information content (AvgIpc) is 2.13. The fraction of sp³-hybridized carbons (Fsp3) is 0.800. The van der Waals surface area contributed by atoms with Crippen LogP contribution in [0.2, 0.25) is 0 Å². The maximum absolute atomic E-state index is 11.3. The number of amides is 1. The van der Waals surface area contributed by atoms with Crippen LogP contribution in [0, 0.1) is 0 Å².